The number of hydrogen-bond donors (Lipinski definition) is 8. The minimum Gasteiger partial charge on any atom is -0.481 e. The van der Waals surface area contributed by atoms with Crippen molar-refractivity contribution in [3.63, 3.8) is 0 Å². The van der Waals surface area contributed by atoms with E-state index in [-0.39, 0.29) is 5.92 Å². The van der Waals surface area contributed by atoms with Gasteiger partial charge in [-0.15, -0.1) is 0 Å². The summed E-state index contributed by atoms with van der Waals surface area (Å²) in [7, 11) is 0. The van der Waals surface area contributed by atoms with Crippen LogP contribution in [0.2, 0.25) is 0 Å². The Morgan fingerprint density at radius 1 is 0.879 bits per heavy atom. The van der Waals surface area contributed by atoms with E-state index < -0.39 is 66.4 Å². The summed E-state index contributed by atoms with van der Waals surface area (Å²) in [5.41, 5.74) is 11.3. The summed E-state index contributed by atoms with van der Waals surface area (Å²) in [6.07, 6.45) is -0.144. The van der Waals surface area contributed by atoms with E-state index >= 15 is 0 Å². The van der Waals surface area contributed by atoms with Crippen LogP contribution < -0.4 is 27.4 Å². The largest absolute Gasteiger partial charge is 0.481 e. The number of unbranched alkanes of at least 4 members (excludes halogenated alkanes) is 1. The van der Waals surface area contributed by atoms with Crippen LogP contribution in [-0.4, -0.2) is 81.8 Å². The Bertz CT molecular complexity index is 687. The van der Waals surface area contributed by atoms with Gasteiger partial charge in [0.05, 0.1) is 18.6 Å². The van der Waals surface area contributed by atoms with Crippen LogP contribution in [0.1, 0.15) is 52.9 Å². The number of aliphatic carboxylic acids is 2. The third-order valence-corrected chi connectivity index (χ3v) is 5.16. The van der Waals surface area contributed by atoms with E-state index in [1.54, 1.807) is 13.8 Å². The molecule has 0 heterocycles. The minimum atomic E-state index is -1.76. The number of nitrogens with one attached hydrogen (secondary N) is 3. The topological polar surface area (TPSA) is 234 Å². The third-order valence-electron chi connectivity index (χ3n) is 5.16. The van der Waals surface area contributed by atoms with E-state index in [0.29, 0.717) is 32.2 Å². The van der Waals surface area contributed by atoms with Crippen molar-refractivity contribution in [3.05, 3.63) is 0 Å². The smallest absolute Gasteiger partial charge is 0.326 e. The fourth-order valence-electron chi connectivity index (χ4n) is 2.89. The zero-order valence-corrected chi connectivity index (χ0v) is 19.2. The quantitative estimate of drug-likeness (QED) is 0.113. The van der Waals surface area contributed by atoms with E-state index in [1.807, 2.05) is 5.32 Å². The van der Waals surface area contributed by atoms with Gasteiger partial charge in [-0.05, 0) is 32.2 Å². The predicted octanol–water partition coefficient (Wildman–Crippen LogP) is -2.12. The molecule has 0 aromatic heterocycles. The zero-order chi connectivity index (χ0) is 25.7. The SMILES string of the molecule is CC[C@H](C)[C@H](NC(=O)[C@@H](N)CCCCN)C(=O)N[C@H](C(=O)N[C@@H](CC(=O)O)C(=O)O)[C@@H](C)O. The Kier molecular flexibility index (Phi) is 13.9. The number of carbonyl (C=O) groups is 5. The van der Waals surface area contributed by atoms with Gasteiger partial charge in [-0.1, -0.05) is 26.7 Å². The summed E-state index contributed by atoms with van der Waals surface area (Å²) in [5.74, 6) is -5.82. The lowest BCUT2D eigenvalue weighted by molar-refractivity contribution is -0.148. The molecule has 0 aromatic carbocycles. The van der Waals surface area contributed by atoms with Crippen LogP contribution >= 0.6 is 0 Å². The molecule has 0 radical (unpaired) electrons. The number of carbonyl (C=O) groups excluding carboxylic acids is 3. The lowest BCUT2D eigenvalue weighted by Gasteiger charge is -2.28. The maximum Gasteiger partial charge on any atom is 0.326 e. The van der Waals surface area contributed by atoms with Crippen molar-refractivity contribution in [2.75, 3.05) is 6.54 Å². The second-order valence-electron chi connectivity index (χ2n) is 7.99. The molecule has 0 spiro atoms. The predicted molar refractivity (Wildman–Crippen MR) is 118 cm³/mol. The van der Waals surface area contributed by atoms with Gasteiger partial charge in [0.25, 0.3) is 0 Å². The first-order valence-corrected chi connectivity index (χ1v) is 10.8. The van der Waals surface area contributed by atoms with Crippen LogP contribution in [0.5, 0.6) is 0 Å². The highest BCUT2D eigenvalue weighted by Crippen LogP contribution is 2.10. The van der Waals surface area contributed by atoms with Gasteiger partial charge in [-0.3, -0.25) is 19.2 Å². The molecule has 10 N–H and O–H groups in total. The average Bonchev–Trinajstić information content (AvgIpc) is 2.73. The molecule has 0 fully saturated rings. The number of amides is 3. The molecule has 0 rings (SSSR count). The van der Waals surface area contributed by atoms with Gasteiger partial charge >= 0.3 is 11.9 Å². The second kappa shape index (κ2) is 15.1. The Balaban J connectivity index is 5.41. The van der Waals surface area contributed by atoms with Crippen molar-refractivity contribution in [3.8, 4) is 0 Å². The van der Waals surface area contributed by atoms with Crippen molar-refractivity contribution in [1.82, 2.24) is 16.0 Å². The van der Waals surface area contributed by atoms with E-state index in [9.17, 15) is 29.1 Å². The highest BCUT2D eigenvalue weighted by atomic mass is 16.4. The van der Waals surface area contributed by atoms with Gasteiger partial charge in [0.2, 0.25) is 17.7 Å². The maximum absolute atomic E-state index is 12.9. The highest BCUT2D eigenvalue weighted by Gasteiger charge is 2.34. The first-order valence-electron chi connectivity index (χ1n) is 10.8. The molecule has 0 bridgehead atoms. The van der Waals surface area contributed by atoms with Crippen molar-refractivity contribution in [1.29, 1.82) is 0 Å². The number of aliphatic hydroxyl groups excluding tert-OH is 1. The molecule has 0 aliphatic carbocycles. The summed E-state index contributed by atoms with van der Waals surface area (Å²) in [6.45, 7) is 5.15. The molecule has 0 unspecified atom stereocenters. The van der Waals surface area contributed by atoms with Crippen LogP contribution in [0.15, 0.2) is 0 Å². The summed E-state index contributed by atoms with van der Waals surface area (Å²) in [5, 5.41) is 34.8. The molecule has 0 aromatic rings. The second-order valence-corrected chi connectivity index (χ2v) is 7.99. The van der Waals surface area contributed by atoms with Crippen molar-refractivity contribution < 1.29 is 39.3 Å². The molecule has 0 saturated carbocycles. The first-order chi connectivity index (χ1) is 15.3. The monoisotopic (exact) mass is 475 g/mol. The van der Waals surface area contributed by atoms with E-state index in [4.69, 9.17) is 21.7 Å². The van der Waals surface area contributed by atoms with Crippen LogP contribution in [0.25, 0.3) is 0 Å². The molecule has 0 aliphatic heterocycles. The Labute approximate surface area is 192 Å². The molecule has 0 saturated heterocycles. The maximum atomic E-state index is 12.9. The van der Waals surface area contributed by atoms with Gasteiger partial charge in [0.15, 0.2) is 0 Å². The molecule has 13 heteroatoms. The molecule has 190 valence electrons. The van der Waals surface area contributed by atoms with Crippen LogP contribution in [-0.2, 0) is 24.0 Å². The zero-order valence-electron chi connectivity index (χ0n) is 19.2. The number of nitrogens with two attached hydrogens (primary N) is 2. The molecular weight excluding hydrogens is 438 g/mol. The molecule has 0 aliphatic rings. The van der Waals surface area contributed by atoms with Gasteiger partial charge in [0, 0.05) is 0 Å². The van der Waals surface area contributed by atoms with Crippen molar-refractivity contribution in [2.24, 2.45) is 17.4 Å². The van der Waals surface area contributed by atoms with Crippen molar-refractivity contribution >= 4 is 29.7 Å². The van der Waals surface area contributed by atoms with Crippen LogP contribution in [0.3, 0.4) is 0 Å². The summed E-state index contributed by atoms with van der Waals surface area (Å²) < 4.78 is 0. The first kappa shape index (κ1) is 30.2. The minimum absolute atomic E-state index is 0.360. The van der Waals surface area contributed by atoms with Crippen LogP contribution in [0, 0.1) is 5.92 Å². The number of carboxylic acids is 2. The highest BCUT2D eigenvalue weighted by molar-refractivity contribution is 5.95. The Morgan fingerprint density at radius 2 is 1.42 bits per heavy atom. The fourth-order valence-corrected chi connectivity index (χ4v) is 2.89. The van der Waals surface area contributed by atoms with Crippen molar-refractivity contribution in [2.45, 2.75) is 83.1 Å². The number of hydrogen-bond acceptors (Lipinski definition) is 8. The number of aliphatic hydroxyl groups is 1. The molecule has 6 atom stereocenters. The number of rotatable bonds is 16. The molecule has 33 heavy (non-hydrogen) atoms. The molecular formula is C20H37N5O8. The Morgan fingerprint density at radius 3 is 1.88 bits per heavy atom. The van der Waals surface area contributed by atoms with Gasteiger partial charge in [-0.2, -0.15) is 0 Å². The summed E-state index contributed by atoms with van der Waals surface area (Å²) >= 11 is 0. The average molecular weight is 476 g/mol. The van der Waals surface area contributed by atoms with Crippen LogP contribution in [0.4, 0.5) is 0 Å². The van der Waals surface area contributed by atoms with E-state index in [0.717, 1.165) is 0 Å². The standard InChI is InChI=1S/C20H37N5O8/c1-4-10(2)15(24-17(29)12(22)7-5-6-8-21)18(30)25-16(11(3)26)19(31)23-13(20(32)33)9-14(27)28/h10-13,15-16,26H,4-9,21-22H2,1-3H3,(H,23,31)(H,24,29)(H,25,30)(H,27,28)(H,32,33)/t10-,11+,12-,13-,15-,16-/m0/s1. The van der Waals surface area contributed by atoms with Gasteiger partial charge in [-0.25, -0.2) is 4.79 Å². The summed E-state index contributed by atoms with van der Waals surface area (Å²) in [4.78, 5) is 59.9. The van der Waals surface area contributed by atoms with E-state index in [1.165, 1.54) is 6.92 Å². The fraction of sp³-hybridized carbons (Fsp3) is 0.750. The van der Waals surface area contributed by atoms with E-state index in [2.05, 4.69) is 10.6 Å². The number of carboxylic acid groups (broad SMARTS) is 2. The molecule has 13 nitrogen and oxygen atoms in total. The Hall–Kier alpha value is -2.77. The lowest BCUT2D eigenvalue weighted by atomic mass is 9.96. The molecule has 3 amide bonds. The van der Waals surface area contributed by atoms with Gasteiger partial charge < -0.3 is 42.7 Å². The third kappa shape index (κ3) is 11.1. The van der Waals surface area contributed by atoms with Gasteiger partial charge in [0.1, 0.15) is 18.1 Å². The normalized spacial score (nSPS) is 16.4. The lowest BCUT2D eigenvalue weighted by Crippen LogP contribution is -2.61. The summed E-state index contributed by atoms with van der Waals surface area (Å²) in [6, 6.07) is -5.29.